The molecule has 0 saturated heterocycles. The van der Waals surface area contributed by atoms with Gasteiger partial charge in [-0.2, -0.15) is 13.2 Å². The fraction of sp³-hybridized carbons (Fsp3) is 0.357. The van der Waals surface area contributed by atoms with Gasteiger partial charge in [-0.05, 0) is 18.4 Å². The molecule has 1 N–H and O–H groups in total. The number of nitro groups is 1. The number of nitro benzene ring substituents is 1. The summed E-state index contributed by atoms with van der Waals surface area (Å²) >= 11 is 0. The first-order valence-corrected chi connectivity index (χ1v) is 6.57. The Morgan fingerprint density at radius 1 is 1.43 bits per heavy atom. The lowest BCUT2D eigenvalue weighted by molar-refractivity contribution is -0.385. The number of hydrogen-bond donors (Lipinski definition) is 1. The van der Waals surface area contributed by atoms with Gasteiger partial charge in [0, 0.05) is 24.1 Å². The van der Waals surface area contributed by atoms with Gasteiger partial charge in [-0.1, -0.05) is 12.8 Å². The average molecular weight is 328 g/mol. The largest absolute Gasteiger partial charge is 0.445 e. The lowest BCUT2D eigenvalue weighted by atomic mass is 9.90. The van der Waals surface area contributed by atoms with Crippen LogP contribution in [0.3, 0.4) is 0 Å². The Bertz CT molecular complexity index is 721. The summed E-state index contributed by atoms with van der Waals surface area (Å²) in [4.78, 5) is 21.5. The molecule has 0 unspecified atom stereocenters. The van der Waals surface area contributed by atoms with Crippen LogP contribution in [0.15, 0.2) is 18.2 Å². The molecular weight excluding hydrogens is 317 g/mol. The molecule has 0 spiro atoms. The predicted molar refractivity (Wildman–Crippen MR) is 73.6 cm³/mol. The van der Waals surface area contributed by atoms with Crippen molar-refractivity contribution in [2.45, 2.75) is 31.5 Å². The van der Waals surface area contributed by atoms with Crippen molar-refractivity contribution in [2.75, 3.05) is 5.32 Å². The number of nitrogens with one attached hydrogen (secondary N) is 1. The van der Waals surface area contributed by atoms with Crippen LogP contribution < -0.4 is 5.32 Å². The zero-order chi connectivity index (χ0) is 17.3. The van der Waals surface area contributed by atoms with Crippen molar-refractivity contribution in [1.82, 2.24) is 0 Å². The van der Waals surface area contributed by atoms with Crippen LogP contribution in [0.2, 0.25) is 0 Å². The summed E-state index contributed by atoms with van der Waals surface area (Å²) in [6, 6.07) is 2.73. The number of halogens is 3. The highest BCUT2D eigenvalue weighted by molar-refractivity contribution is 5.90. The summed E-state index contributed by atoms with van der Waals surface area (Å²) in [5, 5.41) is 12.9. The first-order chi connectivity index (χ1) is 10.7. The summed E-state index contributed by atoms with van der Waals surface area (Å²) < 4.78 is 45.4. The molecule has 6 nitrogen and oxygen atoms in total. The van der Waals surface area contributed by atoms with Crippen molar-refractivity contribution in [3.05, 3.63) is 33.9 Å². The van der Waals surface area contributed by atoms with Crippen LogP contribution >= 0.6 is 0 Å². The molecule has 1 atom stereocenters. The van der Waals surface area contributed by atoms with E-state index in [2.05, 4.69) is 16.0 Å². The van der Waals surface area contributed by atoms with Gasteiger partial charge in [0.15, 0.2) is 0 Å². The number of hydrogen-bond acceptors (Lipinski definition) is 4. The van der Waals surface area contributed by atoms with Gasteiger partial charge in [0.05, 0.1) is 10.6 Å². The van der Waals surface area contributed by atoms with Crippen LogP contribution in [0.1, 0.15) is 25.3 Å². The number of rotatable bonds is 2. The van der Waals surface area contributed by atoms with E-state index in [0.29, 0.717) is 12.5 Å². The molecule has 1 aromatic rings. The Kier molecular flexibility index (Phi) is 4.18. The van der Waals surface area contributed by atoms with E-state index < -0.39 is 34.0 Å². The van der Waals surface area contributed by atoms with Crippen molar-refractivity contribution < 1.29 is 27.6 Å². The van der Waals surface area contributed by atoms with E-state index >= 15 is 0 Å². The number of non-ortho nitro benzene ring substituents is 1. The lowest BCUT2D eigenvalue weighted by Crippen LogP contribution is -2.49. The third-order valence-corrected chi connectivity index (χ3v) is 3.11. The maximum absolute atomic E-state index is 13.6. The molecule has 1 aromatic carbocycles. The second kappa shape index (κ2) is 5.79. The third-order valence-electron chi connectivity index (χ3n) is 3.11. The molecule has 0 fully saturated rings. The van der Waals surface area contributed by atoms with Crippen LogP contribution in [-0.4, -0.2) is 17.2 Å². The highest BCUT2D eigenvalue weighted by atomic mass is 19.4. The minimum Gasteiger partial charge on any atom is -0.415 e. The molecule has 0 bridgehead atoms. The number of benzene rings is 1. The molecule has 0 aromatic heterocycles. The van der Waals surface area contributed by atoms with Gasteiger partial charge >= 0.3 is 12.3 Å². The van der Waals surface area contributed by atoms with Crippen LogP contribution in [0.5, 0.6) is 0 Å². The fourth-order valence-corrected chi connectivity index (χ4v) is 2.06. The highest BCUT2D eigenvalue weighted by Gasteiger charge is 2.62. The van der Waals surface area contributed by atoms with E-state index in [4.69, 9.17) is 0 Å². The molecule has 122 valence electrons. The Balaban J connectivity index is 2.73. The number of carbonyl (C=O) groups is 1. The number of anilines is 1. The maximum atomic E-state index is 13.6. The van der Waals surface area contributed by atoms with Gasteiger partial charge in [0.25, 0.3) is 11.3 Å². The molecule has 9 heteroatoms. The van der Waals surface area contributed by atoms with Gasteiger partial charge in [-0.3, -0.25) is 15.4 Å². The average Bonchev–Trinajstić information content (AvgIpc) is 2.45. The Hall–Kier alpha value is -2.76. The van der Waals surface area contributed by atoms with E-state index in [-0.39, 0.29) is 12.1 Å². The van der Waals surface area contributed by atoms with E-state index in [9.17, 15) is 28.1 Å². The zero-order valence-corrected chi connectivity index (χ0v) is 11.9. The minimum absolute atomic E-state index is 0.160. The SMILES string of the molecule is CCCC#C[C@]1(C(F)(F)F)OC(=O)Nc2ccc([N+](=O)[O-])cc21. The van der Waals surface area contributed by atoms with Crippen LogP contribution in [-0.2, 0) is 10.3 Å². The Morgan fingerprint density at radius 2 is 2.13 bits per heavy atom. The molecule has 1 aliphatic heterocycles. The van der Waals surface area contributed by atoms with Gasteiger partial charge in [-0.15, -0.1) is 0 Å². The standard InChI is InChI=1S/C14H11F3N2O4/c1-2-3-4-7-13(14(15,16)17)10-8-9(19(21)22)5-6-11(10)18-12(20)23-13/h5-6,8H,2-3H2,1H3,(H,18,20)/t13-/m0/s1. The van der Waals surface area contributed by atoms with Crippen LogP contribution in [0.4, 0.5) is 29.3 Å². The number of unbranched alkanes of at least 4 members (excludes halogenated alkanes) is 1. The van der Waals surface area contributed by atoms with Crippen molar-refractivity contribution in [1.29, 1.82) is 0 Å². The number of nitrogens with zero attached hydrogens (tertiary/aromatic N) is 1. The summed E-state index contributed by atoms with van der Waals surface area (Å²) in [5.74, 6) is 4.27. The quantitative estimate of drug-likeness (QED) is 0.510. The second-order valence-electron chi connectivity index (χ2n) is 4.73. The highest BCUT2D eigenvalue weighted by Crippen LogP contribution is 2.48. The first-order valence-electron chi connectivity index (χ1n) is 6.57. The van der Waals surface area contributed by atoms with Crippen LogP contribution in [0, 0.1) is 22.0 Å². The Morgan fingerprint density at radius 3 is 2.70 bits per heavy atom. The van der Waals surface area contributed by atoms with Crippen molar-refractivity contribution >= 4 is 17.5 Å². The van der Waals surface area contributed by atoms with Crippen LogP contribution in [0.25, 0.3) is 0 Å². The molecule has 1 amide bonds. The molecule has 1 heterocycles. The molecular formula is C14H11F3N2O4. The smallest absolute Gasteiger partial charge is 0.415 e. The molecule has 0 saturated carbocycles. The maximum Gasteiger partial charge on any atom is 0.445 e. The van der Waals surface area contributed by atoms with Gasteiger partial charge in [0.1, 0.15) is 0 Å². The molecule has 2 rings (SSSR count). The molecule has 1 aliphatic rings. The summed E-state index contributed by atoms with van der Waals surface area (Å²) in [7, 11) is 0. The van der Waals surface area contributed by atoms with Gasteiger partial charge in [0.2, 0.25) is 0 Å². The topological polar surface area (TPSA) is 81.5 Å². The van der Waals surface area contributed by atoms with Gasteiger partial charge in [-0.25, -0.2) is 4.79 Å². The second-order valence-corrected chi connectivity index (χ2v) is 4.73. The normalized spacial score (nSPS) is 19.7. The number of fused-ring (bicyclic) bond motifs is 1. The van der Waals surface area contributed by atoms with E-state index in [1.807, 2.05) is 5.92 Å². The van der Waals surface area contributed by atoms with Crippen molar-refractivity contribution in [3.8, 4) is 11.8 Å². The molecule has 0 aliphatic carbocycles. The summed E-state index contributed by atoms with van der Waals surface area (Å²) in [5.41, 5.74) is -4.63. The van der Waals surface area contributed by atoms with Crippen molar-refractivity contribution in [2.24, 2.45) is 0 Å². The minimum atomic E-state index is -5.06. The first kappa shape index (κ1) is 16.6. The number of alkyl halides is 3. The van der Waals surface area contributed by atoms with Crippen molar-refractivity contribution in [3.63, 3.8) is 0 Å². The zero-order valence-electron chi connectivity index (χ0n) is 11.9. The summed E-state index contributed by atoms with van der Waals surface area (Å²) in [6.45, 7) is 1.72. The number of carbonyl (C=O) groups excluding carboxylic acids is 1. The van der Waals surface area contributed by atoms with E-state index in [1.165, 1.54) is 0 Å². The monoisotopic (exact) mass is 328 g/mol. The Labute approximate surface area is 128 Å². The molecule has 0 radical (unpaired) electrons. The predicted octanol–water partition coefficient (Wildman–Crippen LogP) is 3.72. The number of ether oxygens (including phenoxy) is 1. The lowest BCUT2D eigenvalue weighted by Gasteiger charge is -2.35. The fourth-order valence-electron chi connectivity index (χ4n) is 2.06. The van der Waals surface area contributed by atoms with Gasteiger partial charge < -0.3 is 4.74 Å². The number of amides is 1. The molecule has 23 heavy (non-hydrogen) atoms. The van der Waals surface area contributed by atoms with E-state index in [1.54, 1.807) is 6.92 Å². The number of cyclic esters (lactones) is 1. The third kappa shape index (κ3) is 2.92. The summed E-state index contributed by atoms with van der Waals surface area (Å²) in [6.07, 6.45) is -5.72. The van der Waals surface area contributed by atoms with E-state index in [0.717, 1.165) is 12.1 Å².